The second-order valence-corrected chi connectivity index (χ2v) is 5.61. The first-order chi connectivity index (χ1) is 8.13. The van der Waals surface area contributed by atoms with Gasteiger partial charge in [0.15, 0.2) is 0 Å². The van der Waals surface area contributed by atoms with Crippen molar-refractivity contribution in [3.05, 3.63) is 0 Å². The molecule has 0 aromatic carbocycles. The quantitative estimate of drug-likeness (QED) is 0.505. The topological polar surface area (TPSA) is 65.1 Å². The van der Waals surface area contributed by atoms with Crippen LogP contribution in [0.3, 0.4) is 0 Å². The molecule has 0 amide bonds. The number of epoxide rings is 1. The van der Waals surface area contributed by atoms with Crippen molar-refractivity contribution in [2.45, 2.75) is 25.0 Å². The minimum atomic E-state index is -0.642. The van der Waals surface area contributed by atoms with Crippen molar-refractivity contribution >= 4 is 11.9 Å². The maximum absolute atomic E-state index is 12.1. The van der Waals surface area contributed by atoms with Crippen molar-refractivity contribution in [1.29, 1.82) is 0 Å². The predicted molar refractivity (Wildman–Crippen MR) is 53.8 cm³/mol. The van der Waals surface area contributed by atoms with Crippen molar-refractivity contribution in [2.75, 3.05) is 14.2 Å². The van der Waals surface area contributed by atoms with E-state index < -0.39 is 10.8 Å². The van der Waals surface area contributed by atoms with Crippen LogP contribution in [0.25, 0.3) is 0 Å². The molecule has 17 heavy (non-hydrogen) atoms. The second-order valence-electron chi connectivity index (χ2n) is 5.61. The third-order valence-electron chi connectivity index (χ3n) is 5.28. The molecule has 3 aliphatic carbocycles. The number of carbonyl (C=O) groups excluding carboxylic acids is 2. The van der Waals surface area contributed by atoms with Crippen LogP contribution >= 0.6 is 0 Å². The molecule has 3 saturated carbocycles. The summed E-state index contributed by atoms with van der Waals surface area (Å²) in [5, 5.41) is 0. The molecular weight excluding hydrogens is 224 g/mol. The summed E-state index contributed by atoms with van der Waals surface area (Å²) < 4.78 is 15.4. The molecule has 0 aromatic rings. The SMILES string of the molecule is COC(=O)[C@@]12C[C@@H]1[C@@H]1O[C@@H]1[C@H]1C[C@]12C(=O)OC. The van der Waals surface area contributed by atoms with E-state index in [-0.39, 0.29) is 36.0 Å². The smallest absolute Gasteiger partial charge is 0.313 e. The number of hydrogen-bond donors (Lipinski definition) is 0. The Kier molecular flexibility index (Phi) is 1.46. The Bertz CT molecular complexity index is 406. The molecule has 6 atom stereocenters. The summed E-state index contributed by atoms with van der Waals surface area (Å²) in [5.41, 5.74) is -1.28. The summed E-state index contributed by atoms with van der Waals surface area (Å²) in [6.07, 6.45) is 1.79. The zero-order valence-corrected chi connectivity index (χ0v) is 9.76. The van der Waals surface area contributed by atoms with E-state index in [9.17, 15) is 9.59 Å². The van der Waals surface area contributed by atoms with Crippen molar-refractivity contribution in [3.63, 3.8) is 0 Å². The summed E-state index contributed by atoms with van der Waals surface area (Å²) in [5.74, 6) is -0.190. The Balaban J connectivity index is 1.79. The molecule has 5 nitrogen and oxygen atoms in total. The van der Waals surface area contributed by atoms with E-state index in [1.165, 1.54) is 14.2 Å². The van der Waals surface area contributed by atoms with Crippen molar-refractivity contribution < 1.29 is 23.8 Å². The summed E-state index contributed by atoms with van der Waals surface area (Å²) in [6.45, 7) is 0. The fourth-order valence-electron chi connectivity index (χ4n) is 4.38. The fourth-order valence-corrected chi connectivity index (χ4v) is 4.38. The van der Waals surface area contributed by atoms with E-state index in [0.717, 1.165) is 0 Å². The maximum atomic E-state index is 12.1. The summed E-state index contributed by atoms with van der Waals surface area (Å²) in [6, 6.07) is 0. The lowest BCUT2D eigenvalue weighted by Crippen LogP contribution is -2.42. The van der Waals surface area contributed by atoms with Gasteiger partial charge in [0.2, 0.25) is 0 Å². The third-order valence-corrected chi connectivity index (χ3v) is 5.28. The van der Waals surface area contributed by atoms with E-state index in [1.54, 1.807) is 0 Å². The van der Waals surface area contributed by atoms with Gasteiger partial charge in [-0.05, 0) is 12.8 Å². The molecule has 1 aliphatic heterocycles. The highest BCUT2D eigenvalue weighted by Gasteiger charge is 2.93. The first-order valence-corrected chi connectivity index (χ1v) is 5.96. The molecule has 92 valence electrons. The van der Waals surface area contributed by atoms with Gasteiger partial charge in [0.25, 0.3) is 0 Å². The van der Waals surface area contributed by atoms with Crippen LogP contribution in [0.15, 0.2) is 0 Å². The Morgan fingerprint density at radius 3 is 1.76 bits per heavy atom. The normalized spacial score (nSPS) is 55.9. The summed E-state index contributed by atoms with van der Waals surface area (Å²) in [7, 11) is 2.77. The Labute approximate surface area is 98.4 Å². The number of fused-ring (bicyclic) bond motifs is 6. The van der Waals surface area contributed by atoms with E-state index in [1.807, 2.05) is 0 Å². The van der Waals surface area contributed by atoms with Gasteiger partial charge in [-0.3, -0.25) is 9.59 Å². The van der Waals surface area contributed by atoms with E-state index >= 15 is 0 Å². The van der Waals surface area contributed by atoms with Crippen molar-refractivity contribution in [3.8, 4) is 0 Å². The standard InChI is InChI=1S/C12H14O5/c1-15-9(13)11-3-5(11)7-8(17-7)6-4-12(6,11)10(14)16-2/h5-8H,3-4H2,1-2H3/t5-,6-,7-,8+,11-,12-/m1/s1. The van der Waals surface area contributed by atoms with Crippen molar-refractivity contribution in [1.82, 2.24) is 0 Å². The highest BCUT2D eigenvalue weighted by molar-refractivity contribution is 5.95. The van der Waals surface area contributed by atoms with Crippen LogP contribution in [0, 0.1) is 22.7 Å². The van der Waals surface area contributed by atoms with Crippen LogP contribution < -0.4 is 0 Å². The Morgan fingerprint density at radius 2 is 1.41 bits per heavy atom. The molecule has 4 rings (SSSR count). The van der Waals surface area contributed by atoms with E-state index in [2.05, 4.69) is 0 Å². The minimum absolute atomic E-state index is 0.165. The molecule has 0 spiro atoms. The Morgan fingerprint density at radius 1 is 1.00 bits per heavy atom. The molecule has 4 fully saturated rings. The lowest BCUT2D eigenvalue weighted by Gasteiger charge is -2.26. The second kappa shape index (κ2) is 2.51. The van der Waals surface area contributed by atoms with E-state index in [4.69, 9.17) is 14.2 Å². The average Bonchev–Trinajstić information content (AvgIpc) is 3.17. The molecule has 1 saturated heterocycles. The number of carbonyl (C=O) groups is 2. The summed E-state index contributed by atoms with van der Waals surface area (Å²) >= 11 is 0. The lowest BCUT2D eigenvalue weighted by molar-refractivity contribution is -0.164. The molecule has 0 N–H and O–H groups in total. The number of ether oxygens (including phenoxy) is 3. The predicted octanol–water partition coefficient (Wildman–Crippen LogP) is 0.126. The van der Waals surface area contributed by atoms with Gasteiger partial charge in [-0.1, -0.05) is 0 Å². The van der Waals surface area contributed by atoms with Gasteiger partial charge in [0.1, 0.15) is 0 Å². The van der Waals surface area contributed by atoms with Crippen molar-refractivity contribution in [2.24, 2.45) is 22.7 Å². The molecule has 0 aromatic heterocycles. The molecule has 4 aliphatic rings. The van der Waals surface area contributed by atoms with Crippen LogP contribution in [0.1, 0.15) is 12.8 Å². The molecule has 5 heteroatoms. The Hall–Kier alpha value is -1.10. The maximum Gasteiger partial charge on any atom is 0.313 e. The highest BCUT2D eigenvalue weighted by Crippen LogP contribution is 2.85. The van der Waals surface area contributed by atoms with Gasteiger partial charge in [-0.2, -0.15) is 0 Å². The molecule has 0 radical (unpaired) electrons. The van der Waals surface area contributed by atoms with Gasteiger partial charge < -0.3 is 14.2 Å². The van der Waals surface area contributed by atoms with Gasteiger partial charge in [-0.25, -0.2) is 0 Å². The lowest BCUT2D eigenvalue weighted by atomic mass is 9.76. The van der Waals surface area contributed by atoms with Gasteiger partial charge >= 0.3 is 11.9 Å². The first kappa shape index (κ1) is 9.88. The van der Waals surface area contributed by atoms with Gasteiger partial charge in [0, 0.05) is 11.8 Å². The minimum Gasteiger partial charge on any atom is -0.469 e. The molecule has 1 heterocycles. The van der Waals surface area contributed by atoms with E-state index in [0.29, 0.717) is 12.8 Å². The zero-order chi connectivity index (χ0) is 12.0. The number of methoxy groups -OCH3 is 2. The van der Waals surface area contributed by atoms with Crippen LogP contribution in [-0.4, -0.2) is 38.4 Å². The number of rotatable bonds is 2. The first-order valence-electron chi connectivity index (χ1n) is 5.96. The van der Waals surface area contributed by atoms with Crippen LogP contribution in [0.2, 0.25) is 0 Å². The molecule has 0 bridgehead atoms. The third kappa shape index (κ3) is 0.793. The van der Waals surface area contributed by atoms with Crippen LogP contribution in [0.5, 0.6) is 0 Å². The van der Waals surface area contributed by atoms with Gasteiger partial charge in [-0.15, -0.1) is 0 Å². The van der Waals surface area contributed by atoms with Crippen LogP contribution in [-0.2, 0) is 23.8 Å². The number of esters is 2. The average molecular weight is 238 g/mol. The molecule has 0 unspecified atom stereocenters. The zero-order valence-electron chi connectivity index (χ0n) is 9.76. The monoisotopic (exact) mass is 238 g/mol. The van der Waals surface area contributed by atoms with Gasteiger partial charge in [0.05, 0.1) is 37.3 Å². The van der Waals surface area contributed by atoms with Crippen LogP contribution in [0.4, 0.5) is 0 Å². The fraction of sp³-hybridized carbons (Fsp3) is 0.833. The largest absolute Gasteiger partial charge is 0.469 e. The highest BCUT2D eigenvalue weighted by atomic mass is 16.6. The molecular formula is C12H14O5. The number of hydrogen-bond acceptors (Lipinski definition) is 5. The summed E-state index contributed by atoms with van der Waals surface area (Å²) in [4.78, 5) is 24.1.